The second-order valence-electron chi connectivity index (χ2n) is 3.73. The molecule has 0 radical (unpaired) electrons. The Hall–Kier alpha value is -1.85. The minimum absolute atomic E-state index is 0.0424. The highest BCUT2D eigenvalue weighted by Gasteiger charge is 2.05. The number of aromatic nitrogens is 2. The van der Waals surface area contributed by atoms with Crippen LogP contribution in [0.25, 0.3) is 0 Å². The molecule has 7 heteroatoms. The molecule has 5 nitrogen and oxygen atoms in total. The van der Waals surface area contributed by atoms with Crippen LogP contribution in [-0.4, -0.2) is 16.0 Å². The Bertz CT molecular complexity index is 682. The van der Waals surface area contributed by atoms with Crippen molar-refractivity contribution in [1.29, 1.82) is 0 Å². The van der Waals surface area contributed by atoms with Gasteiger partial charge in [0.2, 0.25) is 0 Å². The van der Waals surface area contributed by atoms with E-state index < -0.39 is 0 Å². The standard InChI is InChI=1S/C12H10Cl2N4O/c1-18-12(19)11(14)10(7-16-18)17-15-6-8-3-2-4-9(13)5-8/h2-7,17H,1H3/b15-6-. The lowest BCUT2D eigenvalue weighted by Crippen LogP contribution is -2.20. The van der Waals surface area contributed by atoms with Gasteiger partial charge in [-0.3, -0.25) is 10.2 Å². The molecule has 1 heterocycles. The van der Waals surface area contributed by atoms with Crippen LogP contribution < -0.4 is 11.0 Å². The van der Waals surface area contributed by atoms with Gasteiger partial charge in [-0.05, 0) is 17.7 Å². The van der Waals surface area contributed by atoms with Crippen LogP contribution in [0.4, 0.5) is 5.69 Å². The first kappa shape index (κ1) is 13.6. The van der Waals surface area contributed by atoms with Crippen LogP contribution in [0.15, 0.2) is 40.4 Å². The summed E-state index contributed by atoms with van der Waals surface area (Å²) in [7, 11) is 1.52. The molecule has 1 aromatic carbocycles. The zero-order chi connectivity index (χ0) is 13.8. The fraction of sp³-hybridized carbons (Fsp3) is 0.0833. The van der Waals surface area contributed by atoms with Crippen LogP contribution in [0.1, 0.15) is 5.56 Å². The Kier molecular flexibility index (Phi) is 4.19. The predicted octanol–water partition coefficient (Wildman–Crippen LogP) is 2.53. The summed E-state index contributed by atoms with van der Waals surface area (Å²) in [5.41, 5.74) is 3.46. The molecule has 1 N–H and O–H groups in total. The van der Waals surface area contributed by atoms with E-state index in [9.17, 15) is 4.79 Å². The van der Waals surface area contributed by atoms with E-state index >= 15 is 0 Å². The fourth-order valence-corrected chi connectivity index (χ4v) is 1.76. The Morgan fingerprint density at radius 2 is 2.21 bits per heavy atom. The van der Waals surface area contributed by atoms with Gasteiger partial charge in [0.1, 0.15) is 10.7 Å². The van der Waals surface area contributed by atoms with Gasteiger partial charge in [-0.1, -0.05) is 35.3 Å². The average Bonchev–Trinajstić information content (AvgIpc) is 2.39. The third-order valence-corrected chi connectivity index (χ3v) is 2.93. The second kappa shape index (κ2) is 5.86. The molecule has 1 aromatic heterocycles. The normalized spacial score (nSPS) is 10.9. The molecular weight excluding hydrogens is 287 g/mol. The van der Waals surface area contributed by atoms with Crippen molar-refractivity contribution >= 4 is 35.1 Å². The van der Waals surface area contributed by atoms with Gasteiger partial charge in [0, 0.05) is 12.1 Å². The van der Waals surface area contributed by atoms with Crippen LogP contribution in [0, 0.1) is 0 Å². The van der Waals surface area contributed by atoms with E-state index in [1.807, 2.05) is 12.1 Å². The number of nitrogens with zero attached hydrogens (tertiary/aromatic N) is 3. The quantitative estimate of drug-likeness (QED) is 0.699. The maximum Gasteiger partial charge on any atom is 0.287 e. The maximum atomic E-state index is 11.5. The van der Waals surface area contributed by atoms with Gasteiger partial charge in [0.25, 0.3) is 5.56 Å². The third-order valence-electron chi connectivity index (χ3n) is 2.33. The van der Waals surface area contributed by atoms with Crippen molar-refractivity contribution in [2.24, 2.45) is 12.1 Å². The van der Waals surface area contributed by atoms with E-state index in [1.165, 1.54) is 13.2 Å². The summed E-state index contributed by atoms with van der Waals surface area (Å²) in [6.45, 7) is 0. The van der Waals surface area contributed by atoms with Crippen molar-refractivity contribution < 1.29 is 0 Å². The predicted molar refractivity (Wildman–Crippen MR) is 77.2 cm³/mol. The molecule has 0 amide bonds. The minimum Gasteiger partial charge on any atom is -0.275 e. The van der Waals surface area contributed by atoms with Gasteiger partial charge >= 0.3 is 0 Å². The average molecular weight is 297 g/mol. The highest BCUT2D eigenvalue weighted by Crippen LogP contribution is 2.14. The Morgan fingerprint density at radius 3 is 2.95 bits per heavy atom. The highest BCUT2D eigenvalue weighted by molar-refractivity contribution is 6.33. The van der Waals surface area contributed by atoms with Crippen LogP contribution in [0.3, 0.4) is 0 Å². The molecule has 98 valence electrons. The lowest BCUT2D eigenvalue weighted by atomic mass is 10.2. The van der Waals surface area contributed by atoms with Crippen molar-refractivity contribution in [3.63, 3.8) is 0 Å². The molecule has 19 heavy (non-hydrogen) atoms. The summed E-state index contributed by atoms with van der Waals surface area (Å²) in [4.78, 5) is 11.5. The van der Waals surface area contributed by atoms with Gasteiger partial charge in [0.15, 0.2) is 0 Å². The second-order valence-corrected chi connectivity index (χ2v) is 4.54. The Balaban J connectivity index is 2.15. The first-order valence-electron chi connectivity index (χ1n) is 5.34. The zero-order valence-electron chi connectivity index (χ0n) is 9.97. The van der Waals surface area contributed by atoms with Crippen molar-refractivity contribution in [2.45, 2.75) is 0 Å². The summed E-state index contributed by atoms with van der Waals surface area (Å²) in [6, 6.07) is 7.20. The SMILES string of the molecule is Cn1ncc(N/N=C\c2cccc(Cl)c2)c(Cl)c1=O. The summed E-state index contributed by atoms with van der Waals surface area (Å²) < 4.78 is 1.15. The molecule has 2 rings (SSSR count). The molecule has 0 spiro atoms. The monoisotopic (exact) mass is 296 g/mol. The van der Waals surface area contributed by atoms with Crippen LogP contribution in [-0.2, 0) is 7.05 Å². The molecule has 0 aliphatic rings. The maximum absolute atomic E-state index is 11.5. The smallest absolute Gasteiger partial charge is 0.275 e. The Morgan fingerprint density at radius 1 is 1.42 bits per heavy atom. The van der Waals surface area contributed by atoms with Gasteiger partial charge in [-0.25, -0.2) is 4.68 Å². The number of anilines is 1. The largest absolute Gasteiger partial charge is 0.287 e. The van der Waals surface area contributed by atoms with Crippen molar-refractivity contribution in [3.05, 3.63) is 56.4 Å². The summed E-state index contributed by atoms with van der Waals surface area (Å²) in [6.07, 6.45) is 3.00. The third kappa shape index (κ3) is 3.33. The van der Waals surface area contributed by atoms with Gasteiger partial charge in [-0.15, -0.1) is 0 Å². The van der Waals surface area contributed by atoms with E-state index in [4.69, 9.17) is 23.2 Å². The van der Waals surface area contributed by atoms with Gasteiger partial charge < -0.3 is 0 Å². The Labute approximate surface area is 119 Å². The molecule has 0 atom stereocenters. The fourth-order valence-electron chi connectivity index (χ4n) is 1.35. The van der Waals surface area contributed by atoms with Gasteiger partial charge in [-0.2, -0.15) is 10.2 Å². The van der Waals surface area contributed by atoms with E-state index in [0.29, 0.717) is 10.7 Å². The van der Waals surface area contributed by atoms with Crippen LogP contribution >= 0.6 is 23.2 Å². The number of rotatable bonds is 3. The summed E-state index contributed by atoms with van der Waals surface area (Å²) in [5, 5.41) is 8.48. The molecule has 2 aromatic rings. The number of benzene rings is 1. The van der Waals surface area contributed by atoms with Crippen molar-refractivity contribution in [3.8, 4) is 0 Å². The number of nitrogens with one attached hydrogen (secondary N) is 1. The first-order valence-corrected chi connectivity index (χ1v) is 6.10. The van der Waals surface area contributed by atoms with E-state index in [-0.39, 0.29) is 10.6 Å². The first-order chi connectivity index (χ1) is 9.08. The molecule has 0 aliphatic carbocycles. The topological polar surface area (TPSA) is 59.3 Å². The van der Waals surface area contributed by atoms with Crippen LogP contribution in [0.5, 0.6) is 0 Å². The lowest BCUT2D eigenvalue weighted by Gasteiger charge is -2.03. The number of hydrazone groups is 1. The highest BCUT2D eigenvalue weighted by atomic mass is 35.5. The molecular formula is C12H10Cl2N4O. The minimum atomic E-state index is -0.385. The summed E-state index contributed by atoms with van der Waals surface area (Å²) in [5.74, 6) is 0. The van der Waals surface area contributed by atoms with Crippen LogP contribution in [0.2, 0.25) is 10.0 Å². The summed E-state index contributed by atoms with van der Waals surface area (Å²) >= 11 is 11.7. The number of halogens is 2. The number of hydrogen-bond acceptors (Lipinski definition) is 4. The van der Waals surface area contributed by atoms with Crippen molar-refractivity contribution in [2.75, 3.05) is 5.43 Å². The van der Waals surface area contributed by atoms with Crippen molar-refractivity contribution in [1.82, 2.24) is 9.78 Å². The molecule has 0 bridgehead atoms. The molecule has 0 fully saturated rings. The van der Waals surface area contributed by atoms with E-state index in [2.05, 4.69) is 15.6 Å². The lowest BCUT2D eigenvalue weighted by molar-refractivity contribution is 0.708. The molecule has 0 unspecified atom stereocenters. The molecule has 0 saturated heterocycles. The molecule has 0 aliphatic heterocycles. The zero-order valence-corrected chi connectivity index (χ0v) is 11.5. The number of aryl methyl sites for hydroxylation is 1. The van der Waals surface area contributed by atoms with E-state index in [1.54, 1.807) is 18.3 Å². The number of hydrogen-bond donors (Lipinski definition) is 1. The van der Waals surface area contributed by atoms with Gasteiger partial charge in [0.05, 0.1) is 12.4 Å². The van der Waals surface area contributed by atoms with E-state index in [0.717, 1.165) is 10.2 Å². The molecule has 0 saturated carbocycles.